The van der Waals surface area contributed by atoms with E-state index >= 15 is 0 Å². The van der Waals surface area contributed by atoms with E-state index in [1.807, 2.05) is 13.8 Å². The molecule has 2 heterocycles. The van der Waals surface area contributed by atoms with Gasteiger partial charge in [0.2, 0.25) is 5.89 Å². The zero-order valence-corrected chi connectivity index (χ0v) is 23.2. The van der Waals surface area contributed by atoms with Gasteiger partial charge in [0, 0.05) is 12.0 Å². The third-order valence-electron chi connectivity index (χ3n) is 6.32. The molecule has 0 aliphatic carbocycles. The number of anilines is 1. The number of aryl methyl sites for hydroxylation is 1. The van der Waals surface area contributed by atoms with Gasteiger partial charge < -0.3 is 14.3 Å². The fourth-order valence-electron chi connectivity index (χ4n) is 4.30. The van der Waals surface area contributed by atoms with Crippen LogP contribution < -0.4 is 9.04 Å². The maximum Gasteiger partial charge on any atom is 0.416 e. The van der Waals surface area contributed by atoms with Crippen LogP contribution in [0.5, 0.6) is 5.75 Å². The molecule has 41 heavy (non-hydrogen) atoms. The SMILES string of the molecule is CC.Cc1oc(-c2ccc(C(F)(F)F)cc2)nc1COc1ccc(S(=O)(=O)N2c3ccccc3C[C@H]2C(=O)O)cc1. The van der Waals surface area contributed by atoms with Crippen LogP contribution in [0, 0.1) is 6.92 Å². The minimum absolute atomic E-state index is 0.0390. The highest BCUT2D eigenvalue weighted by molar-refractivity contribution is 7.93. The molecule has 0 fully saturated rings. The number of benzene rings is 3. The zero-order valence-electron chi connectivity index (χ0n) is 22.3. The number of alkyl halides is 3. The van der Waals surface area contributed by atoms with Gasteiger partial charge in [0.25, 0.3) is 10.0 Å². The van der Waals surface area contributed by atoms with Crippen LogP contribution in [0.4, 0.5) is 18.9 Å². The maximum absolute atomic E-state index is 13.4. The number of hydrogen-bond acceptors (Lipinski definition) is 6. The van der Waals surface area contributed by atoms with E-state index < -0.39 is 33.8 Å². The third-order valence-corrected chi connectivity index (χ3v) is 8.16. The van der Waals surface area contributed by atoms with E-state index in [2.05, 4.69) is 4.98 Å². The topological polar surface area (TPSA) is 110 Å². The number of oxazole rings is 1. The van der Waals surface area contributed by atoms with Crippen LogP contribution in [0.2, 0.25) is 0 Å². The molecule has 12 heteroatoms. The van der Waals surface area contributed by atoms with Crippen molar-refractivity contribution in [1.29, 1.82) is 0 Å². The van der Waals surface area contributed by atoms with Gasteiger partial charge in [-0.25, -0.2) is 18.2 Å². The predicted molar refractivity (Wildman–Crippen MR) is 145 cm³/mol. The normalized spacial score (nSPS) is 14.7. The quantitative estimate of drug-likeness (QED) is 0.263. The molecule has 1 N–H and O–H groups in total. The molecule has 0 spiro atoms. The van der Waals surface area contributed by atoms with Gasteiger partial charge >= 0.3 is 12.1 Å². The van der Waals surface area contributed by atoms with E-state index in [1.54, 1.807) is 31.2 Å². The van der Waals surface area contributed by atoms with Gasteiger partial charge in [-0.1, -0.05) is 32.0 Å². The molecule has 1 aliphatic heterocycles. The molecule has 216 valence electrons. The highest BCUT2D eigenvalue weighted by atomic mass is 32.2. The van der Waals surface area contributed by atoms with Crippen molar-refractivity contribution in [3.63, 3.8) is 0 Å². The lowest BCUT2D eigenvalue weighted by Crippen LogP contribution is -2.42. The number of rotatable bonds is 7. The zero-order chi connectivity index (χ0) is 29.9. The van der Waals surface area contributed by atoms with Crippen LogP contribution in [-0.2, 0) is 34.0 Å². The molecule has 1 atom stereocenters. The Labute approximate surface area is 235 Å². The first-order chi connectivity index (χ1) is 19.4. The van der Waals surface area contributed by atoms with E-state index in [0.29, 0.717) is 34.0 Å². The van der Waals surface area contributed by atoms with Crippen molar-refractivity contribution in [2.45, 2.75) is 50.9 Å². The van der Waals surface area contributed by atoms with Crippen molar-refractivity contribution >= 4 is 21.7 Å². The Bertz CT molecular complexity index is 1630. The van der Waals surface area contributed by atoms with Gasteiger partial charge in [-0.3, -0.25) is 4.31 Å². The predicted octanol–water partition coefficient (Wildman–Crippen LogP) is 6.48. The number of ether oxygens (including phenoxy) is 1. The maximum atomic E-state index is 13.4. The smallest absolute Gasteiger partial charge is 0.416 e. The second-order valence-electron chi connectivity index (χ2n) is 8.84. The molecule has 5 rings (SSSR count). The van der Waals surface area contributed by atoms with Gasteiger partial charge in [0.15, 0.2) is 0 Å². The Morgan fingerprint density at radius 1 is 1.05 bits per heavy atom. The molecule has 4 aromatic rings. The third kappa shape index (κ3) is 6.07. The second-order valence-corrected chi connectivity index (χ2v) is 10.7. The van der Waals surface area contributed by atoms with E-state index in [4.69, 9.17) is 9.15 Å². The lowest BCUT2D eigenvalue weighted by molar-refractivity contribution is -0.138. The Morgan fingerprint density at radius 3 is 2.29 bits per heavy atom. The number of para-hydroxylation sites is 1. The summed E-state index contributed by atoms with van der Waals surface area (Å²) in [6.45, 7) is 5.60. The van der Waals surface area contributed by atoms with Crippen molar-refractivity contribution in [3.8, 4) is 17.2 Å². The molecule has 8 nitrogen and oxygen atoms in total. The minimum atomic E-state index is -4.45. The molecular weight excluding hydrogens is 561 g/mol. The largest absolute Gasteiger partial charge is 0.487 e. The number of aliphatic carboxylic acids is 1. The molecule has 0 bridgehead atoms. The fourth-order valence-corrected chi connectivity index (χ4v) is 5.95. The molecule has 0 saturated heterocycles. The molecule has 0 unspecified atom stereocenters. The summed E-state index contributed by atoms with van der Waals surface area (Å²) in [5.74, 6) is -0.367. The van der Waals surface area contributed by atoms with E-state index in [-0.39, 0.29) is 23.8 Å². The summed E-state index contributed by atoms with van der Waals surface area (Å²) in [4.78, 5) is 16.0. The van der Waals surface area contributed by atoms with Crippen LogP contribution in [-0.4, -0.2) is 30.5 Å². The molecule has 0 saturated carbocycles. The fraction of sp³-hybridized carbons (Fsp3) is 0.241. The molecule has 0 amide bonds. The number of carbonyl (C=O) groups is 1. The van der Waals surface area contributed by atoms with Gasteiger partial charge in [0.05, 0.1) is 16.1 Å². The van der Waals surface area contributed by atoms with E-state index in [9.17, 15) is 31.5 Å². The van der Waals surface area contributed by atoms with Crippen LogP contribution in [0.1, 0.15) is 36.4 Å². The number of sulfonamides is 1. The Kier molecular flexibility index (Phi) is 8.43. The monoisotopic (exact) mass is 588 g/mol. The number of nitrogens with zero attached hydrogens (tertiary/aromatic N) is 2. The Balaban J connectivity index is 0.00000189. The number of carboxylic acids is 1. The molecule has 1 aromatic heterocycles. The molecular formula is C29H27F3N2O6S. The summed E-state index contributed by atoms with van der Waals surface area (Å²) < 4.78 is 77.5. The van der Waals surface area contributed by atoms with Crippen LogP contribution >= 0.6 is 0 Å². The lowest BCUT2D eigenvalue weighted by Gasteiger charge is -2.24. The Morgan fingerprint density at radius 2 is 1.68 bits per heavy atom. The summed E-state index contributed by atoms with van der Waals surface area (Å²) in [6, 6.07) is 15.4. The first kappa shape index (κ1) is 29.7. The Hall–Kier alpha value is -4.32. The number of halogens is 3. The summed E-state index contributed by atoms with van der Waals surface area (Å²) in [5, 5.41) is 9.64. The molecule has 1 aliphatic rings. The molecule has 0 radical (unpaired) electrons. The van der Waals surface area contributed by atoms with Gasteiger partial charge in [-0.05, 0) is 67.1 Å². The van der Waals surface area contributed by atoms with Crippen molar-refractivity contribution in [1.82, 2.24) is 4.98 Å². The number of hydrogen-bond donors (Lipinski definition) is 1. The first-order valence-electron chi connectivity index (χ1n) is 12.7. The highest BCUT2D eigenvalue weighted by Crippen LogP contribution is 2.37. The van der Waals surface area contributed by atoms with Crippen molar-refractivity contribution < 1.29 is 40.6 Å². The average Bonchev–Trinajstić information content (AvgIpc) is 3.54. The second kappa shape index (κ2) is 11.7. The van der Waals surface area contributed by atoms with Gasteiger partial charge in [-0.2, -0.15) is 13.2 Å². The minimum Gasteiger partial charge on any atom is -0.487 e. The van der Waals surface area contributed by atoms with Gasteiger partial charge in [0.1, 0.15) is 29.9 Å². The van der Waals surface area contributed by atoms with Crippen LogP contribution in [0.25, 0.3) is 11.5 Å². The summed E-state index contributed by atoms with van der Waals surface area (Å²) >= 11 is 0. The number of carboxylic acid groups (broad SMARTS) is 1. The van der Waals surface area contributed by atoms with Crippen molar-refractivity contribution in [2.24, 2.45) is 0 Å². The van der Waals surface area contributed by atoms with Crippen molar-refractivity contribution in [2.75, 3.05) is 4.31 Å². The van der Waals surface area contributed by atoms with E-state index in [0.717, 1.165) is 16.4 Å². The molecule has 3 aromatic carbocycles. The average molecular weight is 589 g/mol. The highest BCUT2D eigenvalue weighted by Gasteiger charge is 2.42. The van der Waals surface area contributed by atoms with Crippen LogP contribution in [0.15, 0.2) is 82.1 Å². The standard InChI is InChI=1S/C27H21F3N2O6S.C2H6/c1-16-22(31-25(38-16)17-6-8-19(9-7-17)27(28,29)30)15-37-20-10-12-21(13-11-20)39(35,36)32-23-5-3-2-4-18(23)14-24(32)26(33)34;1-2/h2-13,24H,14-15H2,1H3,(H,33,34);1-2H3/t24-;/m0./s1. The first-order valence-corrected chi connectivity index (χ1v) is 14.1. The number of fused-ring (bicyclic) bond motifs is 1. The lowest BCUT2D eigenvalue weighted by atomic mass is 10.1. The summed E-state index contributed by atoms with van der Waals surface area (Å²) in [6.07, 6.45) is -4.38. The van der Waals surface area contributed by atoms with E-state index in [1.165, 1.54) is 36.4 Å². The summed E-state index contributed by atoms with van der Waals surface area (Å²) in [5.41, 5.74) is 0.966. The summed E-state index contributed by atoms with van der Waals surface area (Å²) in [7, 11) is -4.18. The van der Waals surface area contributed by atoms with Crippen LogP contribution in [0.3, 0.4) is 0 Å². The van der Waals surface area contributed by atoms with Gasteiger partial charge in [-0.15, -0.1) is 0 Å². The van der Waals surface area contributed by atoms with Crippen molar-refractivity contribution in [3.05, 3.63) is 95.4 Å². The number of aromatic nitrogens is 1.